The molecular formula is C15H20BrNO2. The summed E-state index contributed by atoms with van der Waals surface area (Å²) >= 11 is 3.41. The van der Waals surface area contributed by atoms with Crippen LogP contribution in [0.25, 0.3) is 0 Å². The summed E-state index contributed by atoms with van der Waals surface area (Å²) < 4.78 is 6.25. The normalized spacial score (nSPS) is 17.6. The first kappa shape index (κ1) is 14.4. The maximum atomic E-state index is 12.2. The molecule has 4 heteroatoms. The molecule has 3 nitrogen and oxygen atoms in total. The number of benzene rings is 1. The molecule has 0 heterocycles. The molecular weight excluding hydrogens is 306 g/mol. The maximum absolute atomic E-state index is 12.2. The molecule has 0 aliphatic heterocycles. The highest BCUT2D eigenvalue weighted by atomic mass is 79.9. The smallest absolute Gasteiger partial charge is 0.331 e. The first-order valence-electron chi connectivity index (χ1n) is 6.74. The van der Waals surface area contributed by atoms with Crippen LogP contribution in [0.5, 0.6) is 0 Å². The largest absolute Gasteiger partial charge is 0.464 e. The SMILES string of the molecule is CCOC(=O)C(C)(CC1CC1)Nc1ccc(Br)cc1. The summed E-state index contributed by atoms with van der Waals surface area (Å²) in [7, 11) is 0. The zero-order valence-corrected chi connectivity index (χ0v) is 13.0. The van der Waals surface area contributed by atoms with Gasteiger partial charge in [0.1, 0.15) is 5.54 Å². The number of nitrogens with one attached hydrogen (secondary N) is 1. The van der Waals surface area contributed by atoms with Crippen molar-refractivity contribution >= 4 is 27.6 Å². The molecule has 1 fully saturated rings. The molecule has 0 radical (unpaired) electrons. The van der Waals surface area contributed by atoms with Gasteiger partial charge < -0.3 is 10.1 Å². The van der Waals surface area contributed by atoms with Gasteiger partial charge in [-0.15, -0.1) is 0 Å². The number of hydrogen-bond acceptors (Lipinski definition) is 3. The second-order valence-electron chi connectivity index (χ2n) is 5.33. The predicted molar refractivity (Wildman–Crippen MR) is 80.1 cm³/mol. The quantitative estimate of drug-likeness (QED) is 0.804. The van der Waals surface area contributed by atoms with Gasteiger partial charge in [0.05, 0.1) is 6.61 Å². The van der Waals surface area contributed by atoms with Crippen molar-refractivity contribution in [2.45, 2.75) is 38.6 Å². The molecule has 2 rings (SSSR count). The molecule has 104 valence electrons. The van der Waals surface area contributed by atoms with Crippen LogP contribution in [0, 0.1) is 5.92 Å². The number of anilines is 1. The number of hydrogen-bond donors (Lipinski definition) is 1. The number of carbonyl (C=O) groups excluding carboxylic acids is 1. The minimum atomic E-state index is -0.634. The Morgan fingerprint density at radius 3 is 2.58 bits per heavy atom. The van der Waals surface area contributed by atoms with Crippen LogP contribution in [0.4, 0.5) is 5.69 Å². The molecule has 1 aromatic rings. The molecule has 1 saturated carbocycles. The van der Waals surface area contributed by atoms with E-state index < -0.39 is 5.54 Å². The van der Waals surface area contributed by atoms with E-state index >= 15 is 0 Å². The van der Waals surface area contributed by atoms with Gasteiger partial charge in [-0.1, -0.05) is 28.8 Å². The topological polar surface area (TPSA) is 38.3 Å². The molecule has 1 aliphatic carbocycles. The van der Waals surface area contributed by atoms with Crippen molar-refractivity contribution in [1.82, 2.24) is 0 Å². The van der Waals surface area contributed by atoms with Crippen molar-refractivity contribution in [3.63, 3.8) is 0 Å². The Morgan fingerprint density at radius 1 is 1.42 bits per heavy atom. The molecule has 1 unspecified atom stereocenters. The first-order chi connectivity index (χ1) is 9.03. The van der Waals surface area contributed by atoms with Crippen LogP contribution in [0.1, 0.15) is 33.1 Å². The van der Waals surface area contributed by atoms with Gasteiger partial charge in [-0.05, 0) is 50.5 Å². The summed E-state index contributed by atoms with van der Waals surface area (Å²) in [4.78, 5) is 12.2. The molecule has 0 amide bonds. The van der Waals surface area contributed by atoms with Gasteiger partial charge >= 0.3 is 5.97 Å². The minimum Gasteiger partial charge on any atom is -0.464 e. The van der Waals surface area contributed by atoms with Gasteiger partial charge in [0.25, 0.3) is 0 Å². The zero-order chi connectivity index (χ0) is 13.9. The van der Waals surface area contributed by atoms with Gasteiger partial charge in [0.15, 0.2) is 0 Å². The highest BCUT2D eigenvalue weighted by molar-refractivity contribution is 9.10. The molecule has 0 bridgehead atoms. The maximum Gasteiger partial charge on any atom is 0.331 e. The number of ether oxygens (including phenoxy) is 1. The van der Waals surface area contributed by atoms with Crippen molar-refractivity contribution in [3.05, 3.63) is 28.7 Å². The molecule has 0 saturated heterocycles. The highest BCUT2D eigenvalue weighted by Gasteiger charge is 2.40. The predicted octanol–water partition coefficient (Wildman–Crippen LogP) is 3.98. The van der Waals surface area contributed by atoms with E-state index in [0.29, 0.717) is 12.5 Å². The van der Waals surface area contributed by atoms with Crippen LogP contribution in [-0.4, -0.2) is 18.1 Å². The van der Waals surface area contributed by atoms with Gasteiger partial charge in [-0.3, -0.25) is 0 Å². The molecule has 1 aliphatic rings. The molecule has 1 aromatic carbocycles. The third-order valence-electron chi connectivity index (χ3n) is 3.38. The van der Waals surface area contributed by atoms with E-state index in [0.717, 1.165) is 16.6 Å². The van der Waals surface area contributed by atoms with Gasteiger partial charge in [-0.2, -0.15) is 0 Å². The van der Waals surface area contributed by atoms with Gasteiger partial charge in [0.2, 0.25) is 0 Å². The van der Waals surface area contributed by atoms with Crippen LogP contribution in [0.3, 0.4) is 0 Å². The number of esters is 1. The van der Waals surface area contributed by atoms with Crippen molar-refractivity contribution in [1.29, 1.82) is 0 Å². The Hall–Kier alpha value is -1.03. The average molecular weight is 326 g/mol. The summed E-state index contributed by atoms with van der Waals surface area (Å²) in [5, 5.41) is 3.34. The fourth-order valence-electron chi connectivity index (χ4n) is 2.23. The van der Waals surface area contributed by atoms with E-state index in [1.165, 1.54) is 12.8 Å². The van der Waals surface area contributed by atoms with E-state index in [1.54, 1.807) is 0 Å². The van der Waals surface area contributed by atoms with Crippen molar-refractivity contribution in [2.24, 2.45) is 5.92 Å². The third-order valence-corrected chi connectivity index (χ3v) is 3.91. The Balaban J connectivity index is 2.11. The van der Waals surface area contributed by atoms with E-state index in [1.807, 2.05) is 38.1 Å². The fourth-order valence-corrected chi connectivity index (χ4v) is 2.49. The molecule has 0 aromatic heterocycles. The van der Waals surface area contributed by atoms with Gasteiger partial charge in [-0.25, -0.2) is 4.79 Å². The lowest BCUT2D eigenvalue weighted by molar-refractivity contribution is -0.148. The Morgan fingerprint density at radius 2 is 2.05 bits per heavy atom. The zero-order valence-electron chi connectivity index (χ0n) is 11.4. The summed E-state index contributed by atoms with van der Waals surface area (Å²) in [6, 6.07) is 7.86. The third kappa shape index (κ3) is 3.96. The van der Waals surface area contributed by atoms with Crippen LogP contribution in [-0.2, 0) is 9.53 Å². The van der Waals surface area contributed by atoms with Gasteiger partial charge in [0, 0.05) is 10.2 Å². The van der Waals surface area contributed by atoms with Crippen LogP contribution < -0.4 is 5.32 Å². The number of rotatable bonds is 6. The summed E-state index contributed by atoms with van der Waals surface area (Å²) in [6.45, 7) is 4.20. The number of carbonyl (C=O) groups is 1. The van der Waals surface area contributed by atoms with E-state index in [4.69, 9.17) is 4.74 Å². The minimum absolute atomic E-state index is 0.162. The van der Waals surface area contributed by atoms with Crippen LogP contribution >= 0.6 is 15.9 Å². The average Bonchev–Trinajstić information content (AvgIpc) is 3.16. The first-order valence-corrected chi connectivity index (χ1v) is 7.54. The Bertz CT molecular complexity index is 442. The molecule has 1 atom stereocenters. The molecule has 0 spiro atoms. The Labute approximate surface area is 122 Å². The van der Waals surface area contributed by atoms with Crippen LogP contribution in [0.2, 0.25) is 0 Å². The summed E-state index contributed by atoms with van der Waals surface area (Å²) in [6.07, 6.45) is 3.27. The van der Waals surface area contributed by atoms with Crippen molar-refractivity contribution in [2.75, 3.05) is 11.9 Å². The van der Waals surface area contributed by atoms with Crippen molar-refractivity contribution < 1.29 is 9.53 Å². The van der Waals surface area contributed by atoms with E-state index in [9.17, 15) is 4.79 Å². The van der Waals surface area contributed by atoms with Crippen molar-refractivity contribution in [3.8, 4) is 0 Å². The Kier molecular flexibility index (Phi) is 4.50. The lowest BCUT2D eigenvalue weighted by Gasteiger charge is -2.29. The fraction of sp³-hybridized carbons (Fsp3) is 0.533. The summed E-state index contributed by atoms with van der Waals surface area (Å²) in [5.74, 6) is 0.488. The monoisotopic (exact) mass is 325 g/mol. The lowest BCUT2D eigenvalue weighted by Crippen LogP contribution is -2.45. The second kappa shape index (κ2) is 5.95. The van der Waals surface area contributed by atoms with E-state index in [-0.39, 0.29) is 5.97 Å². The molecule has 1 N–H and O–H groups in total. The number of halogens is 1. The second-order valence-corrected chi connectivity index (χ2v) is 6.25. The standard InChI is InChI=1S/C15H20BrNO2/c1-3-19-14(18)15(2,10-11-4-5-11)17-13-8-6-12(16)7-9-13/h6-9,11,17H,3-5,10H2,1-2H3. The van der Waals surface area contributed by atoms with Crippen LogP contribution in [0.15, 0.2) is 28.7 Å². The molecule has 19 heavy (non-hydrogen) atoms. The highest BCUT2D eigenvalue weighted by Crippen LogP contribution is 2.38. The van der Waals surface area contributed by atoms with E-state index in [2.05, 4.69) is 21.2 Å². The lowest BCUT2D eigenvalue weighted by atomic mass is 9.94. The summed E-state index contributed by atoms with van der Waals surface area (Å²) in [5.41, 5.74) is 0.310.